The van der Waals surface area contributed by atoms with E-state index in [2.05, 4.69) is 16.8 Å². The Balaban J connectivity index is 1.97. The largest absolute Gasteiger partial charge is 0.389 e. The molecule has 2 N–H and O–H groups in total. The van der Waals surface area contributed by atoms with Crippen molar-refractivity contribution in [1.29, 1.82) is 0 Å². The second-order valence-electron chi connectivity index (χ2n) is 3.37. The summed E-state index contributed by atoms with van der Waals surface area (Å²) in [6.45, 7) is 4.61. The summed E-state index contributed by atoms with van der Waals surface area (Å²) in [5.41, 5.74) is 0. The predicted octanol–water partition coefficient (Wildman–Crippen LogP) is 1.28. The van der Waals surface area contributed by atoms with Crippen LogP contribution < -0.4 is 5.32 Å². The normalized spacial score (nSPS) is 12.9. The van der Waals surface area contributed by atoms with Crippen LogP contribution in [-0.4, -0.2) is 37.5 Å². The maximum absolute atomic E-state index is 9.45. The van der Waals surface area contributed by atoms with Crippen LogP contribution in [0.2, 0.25) is 0 Å². The smallest absolute Gasteiger partial charge is 0.0897 e. The lowest BCUT2D eigenvalue weighted by atomic mass is 10.3. The number of ether oxygens (including phenoxy) is 1. The minimum absolute atomic E-state index is 0.395. The molecule has 0 aliphatic rings. The zero-order chi connectivity index (χ0) is 10.9. The van der Waals surface area contributed by atoms with Crippen LogP contribution in [0.5, 0.6) is 0 Å². The molecule has 0 radical (unpaired) electrons. The molecule has 0 saturated carbocycles. The fourth-order valence-electron chi connectivity index (χ4n) is 1.22. The van der Waals surface area contributed by atoms with E-state index in [1.54, 1.807) is 11.3 Å². The zero-order valence-corrected chi connectivity index (χ0v) is 9.93. The highest BCUT2D eigenvalue weighted by atomic mass is 32.1. The fourth-order valence-corrected chi connectivity index (χ4v) is 1.91. The molecule has 0 spiro atoms. The van der Waals surface area contributed by atoms with Crippen molar-refractivity contribution in [2.45, 2.75) is 19.4 Å². The van der Waals surface area contributed by atoms with Gasteiger partial charge in [0.05, 0.1) is 19.3 Å². The molecule has 0 amide bonds. The second-order valence-corrected chi connectivity index (χ2v) is 4.40. The Hall–Kier alpha value is -0.420. The van der Waals surface area contributed by atoms with Crippen LogP contribution in [-0.2, 0) is 11.2 Å². The lowest BCUT2D eigenvalue weighted by molar-refractivity contribution is 0.0388. The third-order valence-corrected chi connectivity index (χ3v) is 2.95. The van der Waals surface area contributed by atoms with E-state index in [0.717, 1.165) is 13.0 Å². The highest BCUT2D eigenvalue weighted by molar-refractivity contribution is 7.09. The van der Waals surface area contributed by atoms with E-state index in [1.807, 2.05) is 13.0 Å². The van der Waals surface area contributed by atoms with E-state index >= 15 is 0 Å². The van der Waals surface area contributed by atoms with Crippen molar-refractivity contribution in [2.75, 3.05) is 26.3 Å². The van der Waals surface area contributed by atoms with Crippen LogP contribution in [0.4, 0.5) is 0 Å². The van der Waals surface area contributed by atoms with Crippen molar-refractivity contribution in [1.82, 2.24) is 5.32 Å². The molecule has 1 heterocycles. The van der Waals surface area contributed by atoms with Gasteiger partial charge in [0.2, 0.25) is 0 Å². The van der Waals surface area contributed by atoms with Gasteiger partial charge in [-0.1, -0.05) is 13.0 Å². The Kier molecular flexibility index (Phi) is 6.59. The Morgan fingerprint density at radius 3 is 3.13 bits per heavy atom. The third kappa shape index (κ3) is 5.89. The molecule has 0 aliphatic carbocycles. The Bertz CT molecular complexity index is 239. The van der Waals surface area contributed by atoms with Gasteiger partial charge >= 0.3 is 0 Å². The summed E-state index contributed by atoms with van der Waals surface area (Å²) < 4.78 is 5.38. The van der Waals surface area contributed by atoms with Gasteiger partial charge in [-0.3, -0.25) is 0 Å². The molecule has 3 nitrogen and oxygen atoms in total. The molecule has 0 saturated heterocycles. The maximum Gasteiger partial charge on any atom is 0.0897 e. The van der Waals surface area contributed by atoms with Gasteiger partial charge in [-0.05, 0) is 18.0 Å². The topological polar surface area (TPSA) is 41.5 Å². The monoisotopic (exact) mass is 229 g/mol. The maximum atomic E-state index is 9.45. The SMILES string of the molecule is CCNCC(O)COCCc1cccs1. The molecular weight excluding hydrogens is 210 g/mol. The second kappa shape index (κ2) is 7.82. The first kappa shape index (κ1) is 12.6. The summed E-state index contributed by atoms with van der Waals surface area (Å²) in [4.78, 5) is 1.33. The van der Waals surface area contributed by atoms with E-state index < -0.39 is 6.10 Å². The Morgan fingerprint density at radius 2 is 2.47 bits per heavy atom. The number of aliphatic hydroxyl groups excluding tert-OH is 1. The molecular formula is C11H19NO2S. The molecule has 4 heteroatoms. The van der Waals surface area contributed by atoms with Crippen molar-refractivity contribution < 1.29 is 9.84 Å². The predicted molar refractivity (Wildman–Crippen MR) is 63.4 cm³/mol. The van der Waals surface area contributed by atoms with Crippen molar-refractivity contribution in [3.8, 4) is 0 Å². The van der Waals surface area contributed by atoms with Gasteiger partial charge in [0, 0.05) is 17.8 Å². The van der Waals surface area contributed by atoms with Crippen LogP contribution in [0, 0.1) is 0 Å². The molecule has 0 aliphatic heterocycles. The number of rotatable bonds is 8. The number of nitrogens with one attached hydrogen (secondary N) is 1. The van der Waals surface area contributed by atoms with Crippen molar-refractivity contribution in [3.05, 3.63) is 22.4 Å². The summed E-state index contributed by atoms with van der Waals surface area (Å²) in [6.07, 6.45) is 0.541. The standard InChI is InChI=1S/C11H19NO2S/c1-2-12-8-10(13)9-14-6-5-11-4-3-7-15-11/h3-4,7,10,12-13H,2,5-6,8-9H2,1H3. The van der Waals surface area contributed by atoms with Crippen LogP contribution in [0.3, 0.4) is 0 Å². The highest BCUT2D eigenvalue weighted by Gasteiger charge is 2.02. The third-order valence-electron chi connectivity index (χ3n) is 2.01. The van der Waals surface area contributed by atoms with E-state index in [0.29, 0.717) is 19.8 Å². The molecule has 1 unspecified atom stereocenters. The van der Waals surface area contributed by atoms with Crippen molar-refractivity contribution in [2.24, 2.45) is 0 Å². The van der Waals surface area contributed by atoms with Crippen LogP contribution in [0.15, 0.2) is 17.5 Å². The first-order valence-electron chi connectivity index (χ1n) is 5.31. The molecule has 0 aromatic carbocycles. The highest BCUT2D eigenvalue weighted by Crippen LogP contribution is 2.08. The lowest BCUT2D eigenvalue weighted by Crippen LogP contribution is -2.30. The van der Waals surface area contributed by atoms with Crippen molar-refractivity contribution >= 4 is 11.3 Å². The molecule has 1 rings (SSSR count). The van der Waals surface area contributed by atoms with E-state index in [-0.39, 0.29) is 0 Å². The van der Waals surface area contributed by atoms with Gasteiger partial charge in [-0.25, -0.2) is 0 Å². The van der Waals surface area contributed by atoms with E-state index in [4.69, 9.17) is 4.74 Å². The van der Waals surface area contributed by atoms with Crippen LogP contribution in [0.1, 0.15) is 11.8 Å². The van der Waals surface area contributed by atoms with E-state index in [9.17, 15) is 5.11 Å². The van der Waals surface area contributed by atoms with Gasteiger partial charge in [-0.15, -0.1) is 11.3 Å². The van der Waals surface area contributed by atoms with Crippen LogP contribution >= 0.6 is 11.3 Å². The first-order chi connectivity index (χ1) is 7.33. The van der Waals surface area contributed by atoms with Gasteiger partial charge in [0.15, 0.2) is 0 Å². The summed E-state index contributed by atoms with van der Waals surface area (Å²) in [5, 5.41) is 14.6. The van der Waals surface area contributed by atoms with Gasteiger partial charge in [-0.2, -0.15) is 0 Å². The molecule has 86 valence electrons. The minimum Gasteiger partial charge on any atom is -0.389 e. The summed E-state index contributed by atoms with van der Waals surface area (Å²) in [6, 6.07) is 4.14. The van der Waals surface area contributed by atoms with Gasteiger partial charge in [0.25, 0.3) is 0 Å². The lowest BCUT2D eigenvalue weighted by Gasteiger charge is -2.10. The van der Waals surface area contributed by atoms with Crippen LogP contribution in [0.25, 0.3) is 0 Å². The molecule has 15 heavy (non-hydrogen) atoms. The first-order valence-corrected chi connectivity index (χ1v) is 6.19. The summed E-state index contributed by atoms with van der Waals surface area (Å²) in [7, 11) is 0. The van der Waals surface area contributed by atoms with Crippen molar-refractivity contribution in [3.63, 3.8) is 0 Å². The Morgan fingerprint density at radius 1 is 1.60 bits per heavy atom. The average molecular weight is 229 g/mol. The van der Waals surface area contributed by atoms with Gasteiger partial charge < -0.3 is 15.2 Å². The quantitative estimate of drug-likeness (QED) is 0.660. The zero-order valence-electron chi connectivity index (χ0n) is 9.11. The number of likely N-dealkylation sites (N-methyl/N-ethyl adjacent to an activating group) is 1. The minimum atomic E-state index is -0.395. The number of thiophene rings is 1. The van der Waals surface area contributed by atoms with Gasteiger partial charge in [0.1, 0.15) is 0 Å². The molecule has 0 bridgehead atoms. The molecule has 1 aromatic rings. The number of aliphatic hydroxyl groups is 1. The van der Waals surface area contributed by atoms with E-state index in [1.165, 1.54) is 4.88 Å². The Labute approximate surface area is 95.1 Å². The number of hydrogen-bond acceptors (Lipinski definition) is 4. The fraction of sp³-hybridized carbons (Fsp3) is 0.636. The molecule has 1 aromatic heterocycles. The molecule has 1 atom stereocenters. The summed E-state index contributed by atoms with van der Waals surface area (Å²) >= 11 is 1.74. The molecule has 0 fully saturated rings. The number of hydrogen-bond donors (Lipinski definition) is 2. The average Bonchev–Trinajstić information content (AvgIpc) is 2.74. The summed E-state index contributed by atoms with van der Waals surface area (Å²) in [5.74, 6) is 0.